The Bertz CT molecular complexity index is 1260. The fourth-order valence-electron chi connectivity index (χ4n) is 3.38. The van der Waals surface area contributed by atoms with E-state index in [1.54, 1.807) is 12.1 Å². The van der Waals surface area contributed by atoms with E-state index in [0.717, 1.165) is 16.3 Å². The summed E-state index contributed by atoms with van der Waals surface area (Å²) < 4.78 is 16.0. The number of carboxylic acids is 1. The summed E-state index contributed by atoms with van der Waals surface area (Å²) in [6.07, 6.45) is 0. The van der Waals surface area contributed by atoms with Crippen molar-refractivity contribution in [2.75, 3.05) is 14.2 Å². The van der Waals surface area contributed by atoms with Gasteiger partial charge < -0.3 is 24.3 Å². The molecule has 1 aromatic heterocycles. The molecule has 0 radical (unpaired) electrons. The zero-order chi connectivity index (χ0) is 20.5. The second-order valence-electron chi connectivity index (χ2n) is 6.27. The largest absolute Gasteiger partial charge is 0.492 e. The van der Waals surface area contributed by atoms with E-state index in [4.69, 9.17) is 14.2 Å². The normalized spacial score (nSPS) is 10.8. The number of hydrogen-bond acceptors (Lipinski definition) is 5. The number of esters is 1. The van der Waals surface area contributed by atoms with Gasteiger partial charge in [-0.2, -0.15) is 0 Å². The van der Waals surface area contributed by atoms with Gasteiger partial charge in [0.2, 0.25) is 0 Å². The topological polar surface area (TPSA) is 97.9 Å². The molecule has 0 fully saturated rings. The number of H-pyrrole nitrogens is 1. The first-order valence-electron chi connectivity index (χ1n) is 8.75. The van der Waals surface area contributed by atoms with Crippen molar-refractivity contribution in [1.82, 2.24) is 4.98 Å². The smallest absolute Gasteiger partial charge is 0.347 e. The van der Waals surface area contributed by atoms with Gasteiger partial charge in [-0.25, -0.2) is 9.59 Å². The lowest BCUT2D eigenvalue weighted by Crippen LogP contribution is -2.13. The fourth-order valence-corrected chi connectivity index (χ4v) is 3.38. The summed E-state index contributed by atoms with van der Waals surface area (Å²) in [6, 6.07) is 15.8. The number of rotatable bonds is 5. The number of aromatic amines is 1. The number of aromatic carboxylic acids is 1. The number of nitrogens with one attached hydrogen (secondary N) is 1. The molecule has 0 saturated carbocycles. The molecule has 3 aromatic carbocycles. The number of benzene rings is 3. The van der Waals surface area contributed by atoms with Crippen molar-refractivity contribution < 1.29 is 28.9 Å². The Morgan fingerprint density at radius 3 is 2.21 bits per heavy atom. The Morgan fingerprint density at radius 2 is 1.48 bits per heavy atom. The maximum Gasteiger partial charge on any atom is 0.347 e. The number of carbonyl (C=O) groups excluding carboxylic acids is 1. The molecule has 0 bridgehead atoms. The number of ether oxygens (including phenoxy) is 3. The Labute approximate surface area is 165 Å². The third kappa shape index (κ3) is 3.02. The number of para-hydroxylation sites is 2. The third-order valence-corrected chi connectivity index (χ3v) is 4.68. The molecule has 0 atom stereocenters. The number of fused-ring (bicyclic) bond motifs is 3. The van der Waals surface area contributed by atoms with Gasteiger partial charge in [0.15, 0.2) is 17.2 Å². The molecule has 4 rings (SSSR count). The lowest BCUT2D eigenvalue weighted by atomic mass is 10.1. The van der Waals surface area contributed by atoms with Gasteiger partial charge in [-0.15, -0.1) is 0 Å². The summed E-state index contributed by atoms with van der Waals surface area (Å²) in [5, 5.41) is 11.3. The molecule has 0 unspecified atom stereocenters. The predicted octanol–water partition coefficient (Wildman–Crippen LogP) is 4.26. The second-order valence-corrected chi connectivity index (χ2v) is 6.27. The molecule has 0 aliphatic rings. The average Bonchev–Trinajstić information content (AvgIpc) is 3.12. The fraction of sp³-hybridized carbons (Fsp3) is 0.0909. The zero-order valence-corrected chi connectivity index (χ0v) is 15.7. The summed E-state index contributed by atoms with van der Waals surface area (Å²) in [4.78, 5) is 27.5. The van der Waals surface area contributed by atoms with Gasteiger partial charge in [0, 0.05) is 16.3 Å². The minimum Gasteiger partial charge on any atom is -0.492 e. The Balaban J connectivity index is 1.78. The summed E-state index contributed by atoms with van der Waals surface area (Å²) in [5.41, 5.74) is 1.56. The van der Waals surface area contributed by atoms with Gasteiger partial charge in [-0.1, -0.05) is 30.3 Å². The SMILES string of the molecule is COc1c(C(=O)O)ccc(C(=O)Oc2cccc3c2[nH]c2ccccc23)c1OC. The van der Waals surface area contributed by atoms with Crippen molar-refractivity contribution in [2.45, 2.75) is 0 Å². The molecule has 0 saturated heterocycles. The number of methoxy groups -OCH3 is 2. The first-order valence-corrected chi connectivity index (χ1v) is 8.75. The maximum absolute atomic E-state index is 12.9. The Kier molecular flexibility index (Phi) is 4.56. The molecular weight excluding hydrogens is 374 g/mol. The van der Waals surface area contributed by atoms with Crippen LogP contribution in [0.4, 0.5) is 0 Å². The van der Waals surface area contributed by atoms with E-state index < -0.39 is 11.9 Å². The molecule has 0 amide bonds. The first-order chi connectivity index (χ1) is 14.0. The van der Waals surface area contributed by atoms with Crippen LogP contribution in [0.5, 0.6) is 17.2 Å². The van der Waals surface area contributed by atoms with Gasteiger partial charge >= 0.3 is 11.9 Å². The molecule has 0 aliphatic heterocycles. The van der Waals surface area contributed by atoms with Gasteiger partial charge in [0.1, 0.15) is 11.1 Å². The van der Waals surface area contributed by atoms with Crippen molar-refractivity contribution in [2.24, 2.45) is 0 Å². The van der Waals surface area contributed by atoms with Gasteiger partial charge in [-0.05, 0) is 24.3 Å². The average molecular weight is 391 g/mol. The standard InChI is InChI=1S/C22H17NO6/c1-27-19-14(21(24)25)10-11-15(20(19)28-2)22(26)29-17-9-5-7-13-12-6-3-4-8-16(12)23-18(13)17/h3-11,23H,1-2H3,(H,24,25). The molecule has 29 heavy (non-hydrogen) atoms. The maximum atomic E-state index is 12.9. The van der Waals surface area contributed by atoms with Crippen LogP contribution in [0.25, 0.3) is 21.8 Å². The van der Waals surface area contributed by atoms with Crippen LogP contribution in [0.1, 0.15) is 20.7 Å². The van der Waals surface area contributed by atoms with Crippen LogP contribution in [0, 0.1) is 0 Å². The highest BCUT2D eigenvalue weighted by Crippen LogP contribution is 2.37. The van der Waals surface area contributed by atoms with Crippen LogP contribution in [0.3, 0.4) is 0 Å². The van der Waals surface area contributed by atoms with Crippen molar-refractivity contribution in [3.63, 3.8) is 0 Å². The van der Waals surface area contributed by atoms with Crippen LogP contribution < -0.4 is 14.2 Å². The van der Waals surface area contributed by atoms with E-state index in [0.29, 0.717) is 11.3 Å². The van der Waals surface area contributed by atoms with E-state index in [1.165, 1.54) is 26.4 Å². The monoisotopic (exact) mass is 391 g/mol. The van der Waals surface area contributed by atoms with E-state index >= 15 is 0 Å². The summed E-state index contributed by atoms with van der Waals surface area (Å²) in [7, 11) is 2.64. The second kappa shape index (κ2) is 7.20. The van der Waals surface area contributed by atoms with Gasteiger partial charge in [-0.3, -0.25) is 0 Å². The molecule has 0 spiro atoms. The van der Waals surface area contributed by atoms with Gasteiger partial charge in [0.25, 0.3) is 0 Å². The van der Waals surface area contributed by atoms with Crippen LogP contribution in [-0.2, 0) is 0 Å². The lowest BCUT2D eigenvalue weighted by Gasteiger charge is -2.14. The summed E-state index contributed by atoms with van der Waals surface area (Å²) in [5.74, 6) is -1.57. The van der Waals surface area contributed by atoms with Crippen LogP contribution in [0.15, 0.2) is 54.6 Å². The highest BCUT2D eigenvalue weighted by atomic mass is 16.5. The minimum absolute atomic E-state index is 0.00113. The van der Waals surface area contributed by atoms with Gasteiger partial charge in [0.05, 0.1) is 19.7 Å². The van der Waals surface area contributed by atoms with Crippen molar-refractivity contribution in [1.29, 1.82) is 0 Å². The highest BCUT2D eigenvalue weighted by molar-refractivity contribution is 6.10. The van der Waals surface area contributed by atoms with Crippen LogP contribution in [0.2, 0.25) is 0 Å². The van der Waals surface area contributed by atoms with E-state index in [-0.39, 0.29) is 22.6 Å². The van der Waals surface area contributed by atoms with Crippen LogP contribution in [-0.4, -0.2) is 36.2 Å². The number of carboxylic acid groups (broad SMARTS) is 1. The molecule has 7 heteroatoms. The van der Waals surface area contributed by atoms with Crippen molar-refractivity contribution >= 4 is 33.7 Å². The number of hydrogen-bond donors (Lipinski definition) is 2. The Morgan fingerprint density at radius 1 is 0.828 bits per heavy atom. The number of carbonyl (C=O) groups is 2. The summed E-state index contributed by atoms with van der Waals surface area (Å²) in [6.45, 7) is 0. The van der Waals surface area contributed by atoms with Crippen molar-refractivity contribution in [3.8, 4) is 17.2 Å². The predicted molar refractivity (Wildman–Crippen MR) is 107 cm³/mol. The molecule has 146 valence electrons. The van der Waals surface area contributed by atoms with E-state index in [2.05, 4.69) is 4.98 Å². The Hall–Kier alpha value is -4.00. The van der Waals surface area contributed by atoms with Crippen LogP contribution >= 0.6 is 0 Å². The molecule has 7 nitrogen and oxygen atoms in total. The summed E-state index contributed by atoms with van der Waals surface area (Å²) >= 11 is 0. The van der Waals surface area contributed by atoms with Crippen molar-refractivity contribution in [3.05, 3.63) is 65.7 Å². The molecule has 2 N–H and O–H groups in total. The lowest BCUT2D eigenvalue weighted by molar-refractivity contribution is 0.0686. The minimum atomic E-state index is -1.19. The zero-order valence-electron chi connectivity index (χ0n) is 15.7. The number of aromatic nitrogens is 1. The van der Waals surface area contributed by atoms with E-state index in [9.17, 15) is 14.7 Å². The first kappa shape index (κ1) is 18.4. The quantitative estimate of drug-likeness (QED) is 0.390. The van der Waals surface area contributed by atoms with E-state index in [1.807, 2.05) is 30.3 Å². The highest BCUT2D eigenvalue weighted by Gasteiger charge is 2.25. The molecule has 1 heterocycles. The third-order valence-electron chi connectivity index (χ3n) is 4.68. The molecular formula is C22H17NO6. The molecule has 4 aromatic rings. The molecule has 0 aliphatic carbocycles.